The van der Waals surface area contributed by atoms with E-state index in [9.17, 15) is 14.4 Å². The van der Waals surface area contributed by atoms with Crippen LogP contribution in [0.3, 0.4) is 0 Å². The maximum Gasteiger partial charge on any atom is 0.338 e. The zero-order chi connectivity index (χ0) is 19.1. The highest BCUT2D eigenvalue weighted by Crippen LogP contribution is 2.17. The lowest BCUT2D eigenvalue weighted by Gasteiger charge is -2.23. The van der Waals surface area contributed by atoms with Crippen molar-refractivity contribution in [3.63, 3.8) is 0 Å². The van der Waals surface area contributed by atoms with Crippen LogP contribution in [0.25, 0.3) is 0 Å². The maximum absolute atomic E-state index is 12.2. The fourth-order valence-corrected chi connectivity index (χ4v) is 2.88. The largest absolute Gasteiger partial charge is 0.449 e. The molecular weight excluding hydrogens is 334 g/mol. The Morgan fingerprint density at radius 1 is 1.15 bits per heavy atom. The summed E-state index contributed by atoms with van der Waals surface area (Å²) in [6, 6.07) is 6.47. The van der Waals surface area contributed by atoms with Gasteiger partial charge in [-0.25, -0.2) is 9.59 Å². The zero-order valence-electron chi connectivity index (χ0n) is 15.6. The van der Waals surface area contributed by atoms with Gasteiger partial charge in [-0.1, -0.05) is 25.3 Å². The molecule has 0 spiro atoms. The Labute approximate surface area is 154 Å². The van der Waals surface area contributed by atoms with Crippen LogP contribution in [0.15, 0.2) is 24.3 Å². The monoisotopic (exact) mass is 361 g/mol. The summed E-state index contributed by atoms with van der Waals surface area (Å²) >= 11 is 0. The quantitative estimate of drug-likeness (QED) is 0.787. The molecule has 0 radical (unpaired) electrons. The molecular formula is C19H27N3O4. The number of carbonyl (C=O) groups excluding carboxylic acids is 3. The Balaban J connectivity index is 1.84. The number of hydrogen-bond donors (Lipinski definition) is 2. The highest BCUT2D eigenvalue weighted by atomic mass is 16.5. The lowest BCUT2D eigenvalue weighted by Crippen LogP contribution is -2.48. The molecule has 1 saturated carbocycles. The van der Waals surface area contributed by atoms with Gasteiger partial charge in [-0.3, -0.25) is 10.1 Å². The topological polar surface area (TPSA) is 87.7 Å². The van der Waals surface area contributed by atoms with Crippen molar-refractivity contribution in [2.45, 2.75) is 51.2 Å². The number of benzene rings is 1. The molecule has 0 saturated heterocycles. The Kier molecular flexibility index (Phi) is 7.00. The number of esters is 1. The van der Waals surface area contributed by atoms with Crippen LogP contribution in [0, 0.1) is 0 Å². The van der Waals surface area contributed by atoms with E-state index in [2.05, 4.69) is 10.6 Å². The molecule has 1 fully saturated rings. The van der Waals surface area contributed by atoms with Crippen LogP contribution >= 0.6 is 0 Å². The number of nitrogens with one attached hydrogen (secondary N) is 2. The SMILES string of the molecule is C[C@H](OC(=O)c1cccc(N(C)C)c1)C(=O)NC(=O)NC1CCCCC1. The van der Waals surface area contributed by atoms with E-state index in [-0.39, 0.29) is 6.04 Å². The molecule has 26 heavy (non-hydrogen) atoms. The summed E-state index contributed by atoms with van der Waals surface area (Å²) < 4.78 is 5.17. The number of imide groups is 1. The fourth-order valence-electron chi connectivity index (χ4n) is 2.88. The number of urea groups is 1. The average Bonchev–Trinajstić information content (AvgIpc) is 2.62. The number of hydrogen-bond acceptors (Lipinski definition) is 5. The lowest BCUT2D eigenvalue weighted by atomic mass is 9.96. The van der Waals surface area contributed by atoms with Gasteiger partial charge in [0.05, 0.1) is 5.56 Å². The second-order valence-corrected chi connectivity index (χ2v) is 6.79. The van der Waals surface area contributed by atoms with Gasteiger partial charge in [0.1, 0.15) is 0 Å². The van der Waals surface area contributed by atoms with Gasteiger partial charge in [-0.05, 0) is 38.0 Å². The molecule has 0 unspecified atom stereocenters. The molecule has 142 valence electrons. The fraction of sp³-hybridized carbons (Fsp3) is 0.526. The van der Waals surface area contributed by atoms with Crippen LogP contribution in [0.4, 0.5) is 10.5 Å². The first-order valence-electron chi connectivity index (χ1n) is 8.96. The van der Waals surface area contributed by atoms with Gasteiger partial charge >= 0.3 is 12.0 Å². The number of rotatable bonds is 5. The van der Waals surface area contributed by atoms with E-state index < -0.39 is 24.0 Å². The first kappa shape index (κ1) is 19.8. The van der Waals surface area contributed by atoms with Crippen LogP contribution in [-0.4, -0.2) is 44.1 Å². The van der Waals surface area contributed by atoms with Gasteiger partial charge in [0.2, 0.25) is 0 Å². The van der Waals surface area contributed by atoms with Crippen molar-refractivity contribution in [2.75, 3.05) is 19.0 Å². The predicted octanol–water partition coefficient (Wildman–Crippen LogP) is 2.46. The molecule has 1 aliphatic carbocycles. The molecule has 2 N–H and O–H groups in total. The van der Waals surface area contributed by atoms with Crippen molar-refractivity contribution in [3.05, 3.63) is 29.8 Å². The molecule has 1 atom stereocenters. The summed E-state index contributed by atoms with van der Waals surface area (Å²) in [5.41, 5.74) is 1.20. The number of amides is 3. The Bertz CT molecular complexity index is 654. The highest BCUT2D eigenvalue weighted by molar-refractivity contribution is 5.98. The first-order valence-corrected chi connectivity index (χ1v) is 8.96. The third-order valence-corrected chi connectivity index (χ3v) is 4.43. The summed E-state index contributed by atoms with van der Waals surface area (Å²) in [4.78, 5) is 38.1. The van der Waals surface area contributed by atoms with Gasteiger partial charge in [0, 0.05) is 25.8 Å². The summed E-state index contributed by atoms with van der Waals surface area (Å²) in [6.45, 7) is 1.44. The third kappa shape index (κ3) is 5.75. The van der Waals surface area contributed by atoms with Crippen LogP contribution in [-0.2, 0) is 9.53 Å². The molecule has 7 heteroatoms. The van der Waals surface area contributed by atoms with Crippen molar-refractivity contribution in [1.29, 1.82) is 0 Å². The standard InChI is InChI=1S/C19H27N3O4/c1-13(17(23)21-19(25)20-15-9-5-4-6-10-15)26-18(24)14-8-7-11-16(12-14)22(2)3/h7-8,11-13,15H,4-6,9-10H2,1-3H3,(H2,20,21,23,25)/t13-/m0/s1. The molecule has 0 aromatic heterocycles. The van der Waals surface area contributed by atoms with Gasteiger partial charge < -0.3 is 15.0 Å². The van der Waals surface area contributed by atoms with Crippen molar-refractivity contribution < 1.29 is 19.1 Å². The minimum Gasteiger partial charge on any atom is -0.449 e. The Morgan fingerprint density at radius 2 is 1.85 bits per heavy atom. The van der Waals surface area contributed by atoms with Gasteiger partial charge in [0.25, 0.3) is 5.91 Å². The Morgan fingerprint density at radius 3 is 2.50 bits per heavy atom. The average molecular weight is 361 g/mol. The molecule has 0 heterocycles. The minimum absolute atomic E-state index is 0.100. The van der Waals surface area contributed by atoms with Crippen molar-refractivity contribution in [3.8, 4) is 0 Å². The number of ether oxygens (including phenoxy) is 1. The predicted molar refractivity (Wildman–Crippen MR) is 99.2 cm³/mol. The van der Waals surface area contributed by atoms with Crippen LogP contribution in [0.5, 0.6) is 0 Å². The number of nitrogens with zero attached hydrogens (tertiary/aromatic N) is 1. The van der Waals surface area contributed by atoms with E-state index in [1.165, 1.54) is 13.3 Å². The van der Waals surface area contributed by atoms with Crippen LogP contribution in [0.1, 0.15) is 49.4 Å². The molecule has 1 aromatic rings. The summed E-state index contributed by atoms with van der Waals surface area (Å²) in [5, 5.41) is 5.03. The summed E-state index contributed by atoms with van der Waals surface area (Å²) in [6.07, 6.45) is 4.13. The molecule has 3 amide bonds. The van der Waals surface area contributed by atoms with E-state index >= 15 is 0 Å². The van der Waals surface area contributed by atoms with Gasteiger partial charge in [-0.15, -0.1) is 0 Å². The smallest absolute Gasteiger partial charge is 0.338 e. The third-order valence-electron chi connectivity index (χ3n) is 4.43. The first-order chi connectivity index (χ1) is 12.4. The van der Waals surface area contributed by atoms with E-state index in [0.717, 1.165) is 31.4 Å². The zero-order valence-corrected chi connectivity index (χ0v) is 15.6. The van der Waals surface area contributed by atoms with E-state index in [4.69, 9.17) is 4.74 Å². The second-order valence-electron chi connectivity index (χ2n) is 6.79. The molecule has 0 bridgehead atoms. The maximum atomic E-state index is 12.2. The Hall–Kier alpha value is -2.57. The van der Waals surface area contributed by atoms with Crippen molar-refractivity contribution in [1.82, 2.24) is 10.6 Å². The second kappa shape index (κ2) is 9.22. The molecule has 0 aliphatic heterocycles. The van der Waals surface area contributed by atoms with Crippen LogP contribution < -0.4 is 15.5 Å². The number of anilines is 1. The summed E-state index contributed by atoms with van der Waals surface area (Å²) in [5.74, 6) is -1.25. The minimum atomic E-state index is -1.07. The van der Waals surface area contributed by atoms with E-state index in [0.29, 0.717) is 5.56 Å². The van der Waals surface area contributed by atoms with Crippen molar-refractivity contribution >= 4 is 23.6 Å². The molecule has 7 nitrogen and oxygen atoms in total. The van der Waals surface area contributed by atoms with Crippen molar-refractivity contribution in [2.24, 2.45) is 0 Å². The van der Waals surface area contributed by atoms with Crippen LogP contribution in [0.2, 0.25) is 0 Å². The van der Waals surface area contributed by atoms with Gasteiger partial charge in [0.15, 0.2) is 6.10 Å². The van der Waals surface area contributed by atoms with Gasteiger partial charge in [-0.2, -0.15) is 0 Å². The lowest BCUT2D eigenvalue weighted by molar-refractivity contribution is -0.127. The summed E-state index contributed by atoms with van der Waals surface area (Å²) in [7, 11) is 3.73. The normalized spacial score (nSPS) is 15.7. The highest BCUT2D eigenvalue weighted by Gasteiger charge is 2.22. The molecule has 1 aromatic carbocycles. The van der Waals surface area contributed by atoms with E-state index in [1.807, 2.05) is 25.1 Å². The molecule has 1 aliphatic rings. The molecule has 2 rings (SSSR count). The van der Waals surface area contributed by atoms with E-state index in [1.54, 1.807) is 18.2 Å². The number of carbonyl (C=O) groups is 3.